The number of benzene rings is 1. The fraction of sp³-hybridized carbons (Fsp3) is 0.375. The molecular weight excluding hydrogens is 288 g/mol. The Morgan fingerprint density at radius 3 is 2.67 bits per heavy atom. The number of rotatable bonds is 7. The standard InChI is InChI=1S/C16H21ClN2O2/c1-18(10-14-8-13(17)9-19(14)2)11-15(20)12-21-16-6-4-3-5-7-16/h3-9,15,20H,10-12H2,1-2H3. The van der Waals surface area contributed by atoms with Crippen LogP contribution in [0.25, 0.3) is 0 Å². The van der Waals surface area contributed by atoms with Crippen LogP contribution in [0, 0.1) is 0 Å². The lowest BCUT2D eigenvalue weighted by molar-refractivity contribution is 0.0738. The van der Waals surface area contributed by atoms with Crippen molar-refractivity contribution in [2.75, 3.05) is 20.2 Å². The monoisotopic (exact) mass is 308 g/mol. The Morgan fingerprint density at radius 1 is 1.33 bits per heavy atom. The molecule has 0 saturated carbocycles. The minimum atomic E-state index is -0.536. The van der Waals surface area contributed by atoms with Gasteiger partial charge in [-0.2, -0.15) is 0 Å². The highest BCUT2D eigenvalue weighted by Gasteiger charge is 2.11. The lowest BCUT2D eigenvalue weighted by Crippen LogP contribution is -2.33. The summed E-state index contributed by atoms with van der Waals surface area (Å²) in [5.41, 5.74) is 1.11. The topological polar surface area (TPSA) is 37.6 Å². The van der Waals surface area contributed by atoms with Crippen molar-refractivity contribution in [2.45, 2.75) is 12.6 Å². The number of aromatic nitrogens is 1. The fourth-order valence-corrected chi connectivity index (χ4v) is 2.46. The van der Waals surface area contributed by atoms with Gasteiger partial charge in [0.15, 0.2) is 0 Å². The number of likely N-dealkylation sites (N-methyl/N-ethyl adjacent to an activating group) is 1. The van der Waals surface area contributed by atoms with E-state index >= 15 is 0 Å². The molecule has 2 rings (SSSR count). The van der Waals surface area contributed by atoms with E-state index in [1.807, 2.05) is 66.2 Å². The number of ether oxygens (including phenoxy) is 1. The second-order valence-electron chi connectivity index (χ2n) is 5.24. The summed E-state index contributed by atoms with van der Waals surface area (Å²) in [7, 11) is 3.93. The summed E-state index contributed by atoms with van der Waals surface area (Å²) >= 11 is 5.96. The number of nitrogens with zero attached hydrogens (tertiary/aromatic N) is 2. The van der Waals surface area contributed by atoms with Gasteiger partial charge in [-0.15, -0.1) is 0 Å². The van der Waals surface area contributed by atoms with E-state index in [0.717, 1.165) is 23.0 Å². The van der Waals surface area contributed by atoms with Gasteiger partial charge in [0.2, 0.25) is 0 Å². The van der Waals surface area contributed by atoms with E-state index in [4.69, 9.17) is 16.3 Å². The van der Waals surface area contributed by atoms with Crippen molar-refractivity contribution < 1.29 is 9.84 Å². The van der Waals surface area contributed by atoms with Gasteiger partial charge in [-0.05, 0) is 25.2 Å². The molecule has 1 heterocycles. The van der Waals surface area contributed by atoms with Gasteiger partial charge in [0.1, 0.15) is 18.5 Å². The van der Waals surface area contributed by atoms with Crippen LogP contribution in [-0.2, 0) is 13.6 Å². The maximum Gasteiger partial charge on any atom is 0.119 e. The number of hydrogen-bond donors (Lipinski definition) is 1. The highest BCUT2D eigenvalue weighted by Crippen LogP contribution is 2.14. The number of hydrogen-bond acceptors (Lipinski definition) is 3. The van der Waals surface area contributed by atoms with E-state index in [1.54, 1.807) is 0 Å². The third kappa shape index (κ3) is 5.08. The summed E-state index contributed by atoms with van der Waals surface area (Å²) in [5, 5.41) is 10.8. The molecule has 0 amide bonds. The molecule has 2 aromatic rings. The third-order valence-corrected chi connectivity index (χ3v) is 3.42. The van der Waals surface area contributed by atoms with Crippen LogP contribution < -0.4 is 4.74 Å². The Bertz CT molecular complexity index is 557. The largest absolute Gasteiger partial charge is 0.491 e. The second-order valence-corrected chi connectivity index (χ2v) is 5.67. The molecule has 0 saturated heterocycles. The van der Waals surface area contributed by atoms with Crippen molar-refractivity contribution in [3.8, 4) is 5.75 Å². The minimum Gasteiger partial charge on any atom is -0.491 e. The summed E-state index contributed by atoms with van der Waals surface area (Å²) in [4.78, 5) is 2.05. The van der Waals surface area contributed by atoms with Gasteiger partial charge >= 0.3 is 0 Å². The van der Waals surface area contributed by atoms with Gasteiger partial charge < -0.3 is 14.4 Å². The fourth-order valence-electron chi connectivity index (χ4n) is 2.19. The van der Waals surface area contributed by atoms with Crippen molar-refractivity contribution in [3.63, 3.8) is 0 Å². The molecular formula is C16H21ClN2O2. The molecule has 1 N–H and O–H groups in total. The maximum atomic E-state index is 10.0. The molecule has 1 aromatic heterocycles. The first-order valence-corrected chi connectivity index (χ1v) is 7.27. The van der Waals surface area contributed by atoms with E-state index in [0.29, 0.717) is 6.54 Å². The molecule has 0 aliphatic carbocycles. The minimum absolute atomic E-state index is 0.280. The number of para-hydroxylation sites is 1. The van der Waals surface area contributed by atoms with E-state index in [-0.39, 0.29) is 6.61 Å². The van der Waals surface area contributed by atoms with Gasteiger partial charge in [0, 0.05) is 32.0 Å². The van der Waals surface area contributed by atoms with Crippen LogP contribution in [0.1, 0.15) is 5.69 Å². The zero-order chi connectivity index (χ0) is 15.2. The summed E-state index contributed by atoms with van der Waals surface area (Å²) in [5.74, 6) is 0.772. The number of halogens is 1. The van der Waals surface area contributed by atoms with Gasteiger partial charge in [0.05, 0.1) is 5.02 Å². The van der Waals surface area contributed by atoms with Crippen LogP contribution in [-0.4, -0.2) is 40.9 Å². The Labute approximate surface area is 130 Å². The molecule has 21 heavy (non-hydrogen) atoms. The van der Waals surface area contributed by atoms with E-state index in [9.17, 15) is 5.11 Å². The Morgan fingerprint density at radius 2 is 2.05 bits per heavy atom. The van der Waals surface area contributed by atoms with Crippen molar-refractivity contribution in [1.82, 2.24) is 9.47 Å². The number of aliphatic hydroxyl groups is 1. The molecule has 0 bridgehead atoms. The van der Waals surface area contributed by atoms with Crippen LogP contribution in [0.3, 0.4) is 0 Å². The molecule has 114 valence electrons. The number of aryl methyl sites for hydroxylation is 1. The van der Waals surface area contributed by atoms with Crippen molar-refractivity contribution in [3.05, 3.63) is 53.3 Å². The summed E-state index contributed by atoms with van der Waals surface area (Å²) in [6.45, 7) is 1.55. The highest BCUT2D eigenvalue weighted by atomic mass is 35.5. The van der Waals surface area contributed by atoms with Gasteiger partial charge in [-0.1, -0.05) is 29.8 Å². The Kier molecular flexibility index (Phi) is 5.67. The predicted molar refractivity (Wildman–Crippen MR) is 84.7 cm³/mol. The summed E-state index contributed by atoms with van der Waals surface area (Å²) < 4.78 is 7.54. The molecule has 1 atom stereocenters. The molecule has 4 nitrogen and oxygen atoms in total. The maximum absolute atomic E-state index is 10.0. The Balaban J connectivity index is 1.77. The highest BCUT2D eigenvalue weighted by molar-refractivity contribution is 6.30. The summed E-state index contributed by atoms with van der Waals surface area (Å²) in [6.07, 6.45) is 1.34. The third-order valence-electron chi connectivity index (χ3n) is 3.21. The average molecular weight is 309 g/mol. The lowest BCUT2D eigenvalue weighted by atomic mass is 10.3. The van der Waals surface area contributed by atoms with Crippen molar-refractivity contribution >= 4 is 11.6 Å². The Hall–Kier alpha value is -1.49. The predicted octanol–water partition coefficient (Wildman–Crippen LogP) is 2.55. The average Bonchev–Trinajstić information content (AvgIpc) is 2.75. The van der Waals surface area contributed by atoms with Gasteiger partial charge in [-0.3, -0.25) is 4.90 Å². The van der Waals surface area contributed by atoms with Crippen LogP contribution in [0.15, 0.2) is 42.6 Å². The second kappa shape index (κ2) is 7.50. The van der Waals surface area contributed by atoms with Gasteiger partial charge in [0.25, 0.3) is 0 Å². The van der Waals surface area contributed by atoms with Crippen LogP contribution in [0.2, 0.25) is 5.02 Å². The molecule has 0 radical (unpaired) electrons. The molecule has 0 aliphatic rings. The van der Waals surface area contributed by atoms with E-state index in [2.05, 4.69) is 0 Å². The zero-order valence-electron chi connectivity index (χ0n) is 12.4. The molecule has 0 fully saturated rings. The first kappa shape index (κ1) is 15.9. The van der Waals surface area contributed by atoms with Crippen molar-refractivity contribution in [1.29, 1.82) is 0 Å². The molecule has 1 aromatic carbocycles. The SMILES string of the molecule is CN(Cc1cc(Cl)cn1C)CC(O)COc1ccccc1. The van der Waals surface area contributed by atoms with Gasteiger partial charge in [-0.25, -0.2) is 0 Å². The first-order chi connectivity index (χ1) is 10.0. The zero-order valence-corrected chi connectivity index (χ0v) is 13.1. The number of aliphatic hydroxyl groups excluding tert-OH is 1. The summed E-state index contributed by atoms with van der Waals surface area (Å²) in [6, 6.07) is 11.4. The quantitative estimate of drug-likeness (QED) is 0.854. The van der Waals surface area contributed by atoms with E-state index < -0.39 is 6.10 Å². The van der Waals surface area contributed by atoms with Crippen LogP contribution in [0.5, 0.6) is 5.75 Å². The molecule has 5 heteroatoms. The van der Waals surface area contributed by atoms with Crippen molar-refractivity contribution in [2.24, 2.45) is 7.05 Å². The molecule has 0 spiro atoms. The smallest absolute Gasteiger partial charge is 0.119 e. The van der Waals surface area contributed by atoms with E-state index in [1.165, 1.54) is 0 Å². The van der Waals surface area contributed by atoms with Crippen LogP contribution in [0.4, 0.5) is 0 Å². The molecule has 1 unspecified atom stereocenters. The molecule has 0 aliphatic heterocycles. The van der Waals surface area contributed by atoms with Crippen LogP contribution >= 0.6 is 11.6 Å². The normalized spacial score (nSPS) is 12.6. The lowest BCUT2D eigenvalue weighted by Gasteiger charge is -2.21. The first-order valence-electron chi connectivity index (χ1n) is 6.90.